The Morgan fingerprint density at radius 3 is 2.19 bits per heavy atom. The van der Waals surface area contributed by atoms with Gasteiger partial charge in [-0.15, -0.1) is 0 Å². The number of ether oxygens (including phenoxy) is 1. The Balaban J connectivity index is 4.18. The van der Waals surface area contributed by atoms with Gasteiger partial charge in [0, 0.05) is 6.42 Å². The molecular weight excluding hydrogens is 220 g/mol. The largest absolute Gasteiger partial charge is 0.460 e. The van der Waals surface area contributed by atoms with Crippen molar-refractivity contribution in [3.63, 3.8) is 0 Å². The molecule has 0 unspecified atom stereocenters. The van der Waals surface area contributed by atoms with Crippen molar-refractivity contribution < 1.29 is 34.8 Å². The van der Waals surface area contributed by atoms with Crippen LogP contribution in [0.15, 0.2) is 0 Å². The molecule has 16 heavy (non-hydrogen) atoms. The second-order valence-electron chi connectivity index (χ2n) is 3.16. The third kappa shape index (κ3) is 4.67. The number of hydrogen-bond acceptors (Lipinski definition) is 7. The summed E-state index contributed by atoms with van der Waals surface area (Å²) in [4.78, 5) is 21.9. The van der Waals surface area contributed by atoms with Crippen molar-refractivity contribution in [2.24, 2.45) is 0 Å². The lowest BCUT2D eigenvalue weighted by atomic mass is 10.0. The molecule has 0 aromatic carbocycles. The maximum absolute atomic E-state index is 11.1. The first kappa shape index (κ1) is 15.0. The first-order chi connectivity index (χ1) is 7.43. The van der Waals surface area contributed by atoms with Crippen molar-refractivity contribution in [1.82, 2.24) is 0 Å². The Kier molecular flexibility index (Phi) is 6.82. The Morgan fingerprint density at radius 1 is 1.19 bits per heavy atom. The smallest absolute Gasteiger partial charge is 0.374 e. The summed E-state index contributed by atoms with van der Waals surface area (Å²) in [5.74, 6) is -2.11. The van der Waals surface area contributed by atoms with Crippen molar-refractivity contribution in [2.75, 3.05) is 13.2 Å². The van der Waals surface area contributed by atoms with Crippen LogP contribution in [0.4, 0.5) is 0 Å². The predicted molar refractivity (Wildman–Crippen MR) is 51.4 cm³/mol. The number of esters is 1. The highest BCUT2D eigenvalue weighted by atomic mass is 16.5. The molecule has 0 amide bonds. The number of aliphatic hydroxyl groups excluding tert-OH is 4. The van der Waals surface area contributed by atoms with E-state index in [1.54, 1.807) is 0 Å². The highest BCUT2D eigenvalue weighted by Crippen LogP contribution is 2.05. The van der Waals surface area contributed by atoms with Crippen LogP contribution in [0.5, 0.6) is 0 Å². The predicted octanol–water partition coefficient (Wildman–Crippen LogP) is -2.42. The normalized spacial score (nSPS) is 16.3. The number of aliphatic hydroxyl groups is 4. The van der Waals surface area contributed by atoms with E-state index in [9.17, 15) is 19.8 Å². The van der Waals surface area contributed by atoms with Gasteiger partial charge >= 0.3 is 5.97 Å². The summed E-state index contributed by atoms with van der Waals surface area (Å²) in [6.07, 6.45) is -5.55. The van der Waals surface area contributed by atoms with Crippen LogP contribution in [-0.4, -0.2) is 63.7 Å². The minimum atomic E-state index is -1.69. The second kappa shape index (κ2) is 7.29. The van der Waals surface area contributed by atoms with Gasteiger partial charge in [0.2, 0.25) is 5.78 Å². The number of rotatable bonds is 7. The zero-order valence-corrected chi connectivity index (χ0v) is 8.87. The Morgan fingerprint density at radius 2 is 1.75 bits per heavy atom. The summed E-state index contributed by atoms with van der Waals surface area (Å²) in [5.41, 5.74) is 0. The number of carbonyl (C=O) groups is 2. The van der Waals surface area contributed by atoms with Crippen LogP contribution >= 0.6 is 0 Å². The molecular formula is C9H16O7. The fraction of sp³-hybridized carbons (Fsp3) is 0.778. The van der Waals surface area contributed by atoms with E-state index in [4.69, 9.17) is 10.2 Å². The zero-order chi connectivity index (χ0) is 12.7. The van der Waals surface area contributed by atoms with Crippen molar-refractivity contribution in [2.45, 2.75) is 31.7 Å². The maximum Gasteiger partial charge on any atom is 0.374 e. The lowest BCUT2D eigenvalue weighted by molar-refractivity contribution is -0.155. The molecule has 0 heterocycles. The van der Waals surface area contributed by atoms with Gasteiger partial charge in [-0.2, -0.15) is 0 Å². The van der Waals surface area contributed by atoms with Crippen LogP contribution in [-0.2, 0) is 14.3 Å². The first-order valence-corrected chi connectivity index (χ1v) is 4.79. The number of hydrogen-bond donors (Lipinski definition) is 4. The van der Waals surface area contributed by atoms with E-state index in [0.29, 0.717) is 0 Å². The summed E-state index contributed by atoms with van der Waals surface area (Å²) in [6.45, 7) is 0.792. The molecule has 0 rings (SSSR count). The summed E-state index contributed by atoms with van der Waals surface area (Å²) in [6, 6.07) is 0. The first-order valence-electron chi connectivity index (χ1n) is 4.79. The summed E-state index contributed by atoms with van der Waals surface area (Å²) in [7, 11) is 0. The van der Waals surface area contributed by atoms with Crippen LogP contribution in [0, 0.1) is 0 Å². The topological polar surface area (TPSA) is 124 Å². The van der Waals surface area contributed by atoms with Crippen LogP contribution in [0.1, 0.15) is 13.3 Å². The van der Waals surface area contributed by atoms with E-state index < -0.39 is 43.1 Å². The Hall–Kier alpha value is -1.02. The SMILES string of the molecule is CCOC(=O)C(=O)C[C@H](O)[C@H](O)[C@H](O)CO. The number of ketones is 1. The van der Waals surface area contributed by atoms with Gasteiger partial charge in [0.1, 0.15) is 12.2 Å². The molecule has 0 saturated heterocycles. The van der Waals surface area contributed by atoms with Gasteiger partial charge in [0.25, 0.3) is 0 Å². The van der Waals surface area contributed by atoms with Crippen molar-refractivity contribution in [1.29, 1.82) is 0 Å². The molecule has 0 aromatic rings. The Bertz CT molecular complexity index is 240. The highest BCUT2D eigenvalue weighted by Gasteiger charge is 2.28. The average Bonchev–Trinajstić information content (AvgIpc) is 2.26. The fourth-order valence-electron chi connectivity index (χ4n) is 0.970. The third-order valence-corrected chi connectivity index (χ3v) is 1.87. The standard InChI is InChI=1S/C9H16O7/c1-2-16-9(15)6(12)3-5(11)8(14)7(13)4-10/h5,7-8,10-11,13-14H,2-4H2,1H3/t5-,7+,8-/m0/s1. The highest BCUT2D eigenvalue weighted by molar-refractivity contribution is 6.33. The minimum absolute atomic E-state index is 0.0302. The van der Waals surface area contributed by atoms with E-state index in [1.807, 2.05) is 0 Å². The van der Waals surface area contributed by atoms with E-state index in [-0.39, 0.29) is 6.61 Å². The van der Waals surface area contributed by atoms with Crippen molar-refractivity contribution in [3.8, 4) is 0 Å². The molecule has 0 fully saturated rings. The molecule has 0 radical (unpaired) electrons. The molecule has 0 spiro atoms. The monoisotopic (exact) mass is 236 g/mol. The molecule has 94 valence electrons. The van der Waals surface area contributed by atoms with Gasteiger partial charge in [-0.3, -0.25) is 4.79 Å². The van der Waals surface area contributed by atoms with E-state index in [1.165, 1.54) is 6.92 Å². The van der Waals surface area contributed by atoms with E-state index >= 15 is 0 Å². The van der Waals surface area contributed by atoms with E-state index in [0.717, 1.165) is 0 Å². The molecule has 3 atom stereocenters. The second-order valence-corrected chi connectivity index (χ2v) is 3.16. The van der Waals surface area contributed by atoms with Crippen molar-refractivity contribution >= 4 is 11.8 Å². The van der Waals surface area contributed by atoms with Crippen LogP contribution in [0.3, 0.4) is 0 Å². The molecule has 4 N–H and O–H groups in total. The van der Waals surface area contributed by atoms with Crippen LogP contribution in [0.2, 0.25) is 0 Å². The number of carbonyl (C=O) groups excluding carboxylic acids is 2. The van der Waals surface area contributed by atoms with Gasteiger partial charge in [-0.25, -0.2) is 4.79 Å². The fourth-order valence-corrected chi connectivity index (χ4v) is 0.970. The number of Topliss-reactive ketones (excluding diaryl/α,β-unsaturated/α-hetero) is 1. The summed E-state index contributed by atoms with van der Waals surface area (Å²) >= 11 is 0. The molecule has 0 aliphatic heterocycles. The lowest BCUT2D eigenvalue weighted by Crippen LogP contribution is -2.41. The molecule has 7 nitrogen and oxygen atoms in total. The molecule has 0 saturated carbocycles. The quantitative estimate of drug-likeness (QED) is 0.286. The summed E-state index contributed by atoms with van der Waals surface area (Å²) < 4.78 is 4.38. The van der Waals surface area contributed by atoms with Crippen LogP contribution < -0.4 is 0 Å². The average molecular weight is 236 g/mol. The van der Waals surface area contributed by atoms with E-state index in [2.05, 4.69) is 4.74 Å². The molecule has 7 heteroatoms. The Labute approximate surface area is 92.3 Å². The molecule has 0 bridgehead atoms. The van der Waals surface area contributed by atoms with Crippen molar-refractivity contribution in [3.05, 3.63) is 0 Å². The van der Waals surface area contributed by atoms with Gasteiger partial charge in [0.05, 0.1) is 19.3 Å². The third-order valence-electron chi connectivity index (χ3n) is 1.87. The van der Waals surface area contributed by atoms with Gasteiger partial charge in [-0.05, 0) is 6.92 Å². The molecule has 0 aromatic heterocycles. The maximum atomic E-state index is 11.1. The van der Waals surface area contributed by atoms with Gasteiger partial charge in [0.15, 0.2) is 0 Å². The molecule has 0 aliphatic rings. The van der Waals surface area contributed by atoms with Gasteiger partial charge in [-0.1, -0.05) is 0 Å². The summed E-state index contributed by atoms with van der Waals surface area (Å²) in [5, 5.41) is 35.9. The molecule has 0 aliphatic carbocycles. The van der Waals surface area contributed by atoms with Crippen LogP contribution in [0.25, 0.3) is 0 Å². The lowest BCUT2D eigenvalue weighted by Gasteiger charge is -2.20. The van der Waals surface area contributed by atoms with Gasteiger partial charge < -0.3 is 25.2 Å². The zero-order valence-electron chi connectivity index (χ0n) is 8.87. The minimum Gasteiger partial charge on any atom is -0.460 e.